The Kier molecular flexibility index (Phi) is 6.96. The summed E-state index contributed by atoms with van der Waals surface area (Å²) in [4.78, 5) is 26.8. The van der Waals surface area contributed by atoms with Crippen molar-refractivity contribution in [3.63, 3.8) is 0 Å². The molecule has 0 radical (unpaired) electrons. The van der Waals surface area contributed by atoms with Crippen LogP contribution in [0.4, 0.5) is 0 Å². The molecule has 1 aliphatic rings. The van der Waals surface area contributed by atoms with Crippen molar-refractivity contribution < 1.29 is 14.7 Å². The molecule has 3 aromatic rings. The highest BCUT2D eigenvalue weighted by Gasteiger charge is 2.33. The van der Waals surface area contributed by atoms with E-state index in [2.05, 4.69) is 46.7 Å². The van der Waals surface area contributed by atoms with Crippen molar-refractivity contribution in [2.75, 3.05) is 11.5 Å². The summed E-state index contributed by atoms with van der Waals surface area (Å²) in [6.45, 7) is 1.34. The Labute approximate surface area is 196 Å². The third kappa shape index (κ3) is 4.89. The quantitative estimate of drug-likeness (QED) is 0.455. The van der Waals surface area contributed by atoms with Crippen LogP contribution in [0.2, 0.25) is 0 Å². The standard InChI is InChI=1S/C25H26N2O3S2/c1-17(28)26-23(24(29)30)16-20-19-10-5-6-11-21(19)27-22(20)12-13-25(31-14-7-15-32-25)18-8-3-2-4-9-18/h2-6,8-13,23,27H,7,14-16H2,1H3,(H,26,28)(H,29,30)/b13-12+/t23-/m0/s1. The monoisotopic (exact) mass is 466 g/mol. The maximum atomic E-state index is 11.8. The van der Waals surface area contributed by atoms with Gasteiger partial charge in [0.25, 0.3) is 0 Å². The van der Waals surface area contributed by atoms with Crippen molar-refractivity contribution in [1.82, 2.24) is 10.3 Å². The number of H-pyrrole nitrogens is 1. The fourth-order valence-corrected chi connectivity index (χ4v) is 7.14. The van der Waals surface area contributed by atoms with Gasteiger partial charge in [0.1, 0.15) is 10.1 Å². The van der Waals surface area contributed by atoms with Gasteiger partial charge in [0.15, 0.2) is 0 Å². The fraction of sp³-hybridized carbons (Fsp3) is 0.280. The molecule has 2 heterocycles. The average Bonchev–Trinajstić information content (AvgIpc) is 3.15. The minimum atomic E-state index is -1.04. The van der Waals surface area contributed by atoms with Crippen molar-refractivity contribution in [3.8, 4) is 0 Å². The molecule has 2 aromatic carbocycles. The Hall–Kier alpha value is -2.64. The highest BCUT2D eigenvalue weighted by atomic mass is 32.2. The highest BCUT2D eigenvalue weighted by Crippen LogP contribution is 2.51. The molecule has 0 spiro atoms. The number of carboxylic acids is 1. The van der Waals surface area contributed by atoms with Crippen LogP contribution in [0.3, 0.4) is 0 Å². The Morgan fingerprint density at radius 1 is 1.12 bits per heavy atom. The number of carbonyl (C=O) groups excluding carboxylic acids is 1. The van der Waals surface area contributed by atoms with Gasteiger partial charge < -0.3 is 15.4 Å². The van der Waals surface area contributed by atoms with E-state index in [1.54, 1.807) is 0 Å². The molecule has 4 rings (SSSR count). The number of nitrogens with one attached hydrogen (secondary N) is 2. The zero-order valence-corrected chi connectivity index (χ0v) is 19.5. The predicted molar refractivity (Wildman–Crippen MR) is 134 cm³/mol. The number of amides is 1. The number of rotatable bonds is 7. The second-order valence-electron chi connectivity index (χ2n) is 7.78. The van der Waals surface area contributed by atoms with Gasteiger partial charge in [-0.1, -0.05) is 54.6 Å². The van der Waals surface area contributed by atoms with E-state index < -0.39 is 12.0 Å². The van der Waals surface area contributed by atoms with E-state index in [0.717, 1.165) is 33.7 Å². The number of aromatic amines is 1. The summed E-state index contributed by atoms with van der Waals surface area (Å²) in [6, 6.07) is 17.4. The van der Waals surface area contributed by atoms with Crippen molar-refractivity contribution in [1.29, 1.82) is 0 Å². The van der Waals surface area contributed by atoms with Crippen molar-refractivity contribution in [2.24, 2.45) is 0 Å². The smallest absolute Gasteiger partial charge is 0.326 e. The molecule has 5 nitrogen and oxygen atoms in total. The van der Waals surface area contributed by atoms with Crippen LogP contribution in [0.5, 0.6) is 0 Å². The van der Waals surface area contributed by atoms with Gasteiger partial charge in [-0.15, -0.1) is 23.5 Å². The number of para-hydroxylation sites is 1. The topological polar surface area (TPSA) is 82.2 Å². The Morgan fingerprint density at radius 3 is 2.50 bits per heavy atom. The summed E-state index contributed by atoms with van der Waals surface area (Å²) in [5.74, 6) is 0.789. The van der Waals surface area contributed by atoms with Crippen LogP contribution < -0.4 is 5.32 Å². The van der Waals surface area contributed by atoms with E-state index in [4.69, 9.17) is 0 Å². The zero-order valence-electron chi connectivity index (χ0n) is 17.8. The lowest BCUT2D eigenvalue weighted by atomic mass is 10.0. The molecule has 166 valence electrons. The number of hydrogen-bond acceptors (Lipinski definition) is 4. The Bertz CT molecular complexity index is 1130. The molecule has 7 heteroatoms. The van der Waals surface area contributed by atoms with Crippen LogP contribution in [0.15, 0.2) is 60.7 Å². The summed E-state index contributed by atoms with van der Waals surface area (Å²) >= 11 is 3.87. The first kappa shape index (κ1) is 22.6. The van der Waals surface area contributed by atoms with Gasteiger partial charge in [-0.05, 0) is 41.2 Å². The SMILES string of the molecule is CC(=O)N[C@@H](Cc1c(/C=C/C2(c3ccccc3)SCCCS2)[nH]c2ccccc12)C(=O)O. The number of benzene rings is 2. The number of thioether (sulfide) groups is 2. The first-order chi connectivity index (χ1) is 15.5. The lowest BCUT2D eigenvalue weighted by molar-refractivity contribution is -0.141. The summed E-state index contributed by atoms with van der Waals surface area (Å²) in [5, 5.41) is 13.2. The van der Waals surface area contributed by atoms with Gasteiger partial charge in [0, 0.05) is 29.9 Å². The Morgan fingerprint density at radius 2 is 1.81 bits per heavy atom. The molecule has 0 unspecified atom stereocenters. The van der Waals surface area contributed by atoms with E-state index >= 15 is 0 Å². The van der Waals surface area contributed by atoms with Gasteiger partial charge in [-0.3, -0.25) is 4.79 Å². The molecule has 1 amide bonds. The molecule has 0 aliphatic carbocycles. The van der Waals surface area contributed by atoms with E-state index in [1.165, 1.54) is 18.9 Å². The second-order valence-corrected chi connectivity index (χ2v) is 10.7. The molecular formula is C25H26N2O3S2. The lowest BCUT2D eigenvalue weighted by Crippen LogP contribution is -2.41. The zero-order chi connectivity index (χ0) is 22.6. The van der Waals surface area contributed by atoms with Crippen molar-refractivity contribution in [2.45, 2.75) is 29.9 Å². The van der Waals surface area contributed by atoms with Crippen molar-refractivity contribution in [3.05, 3.63) is 77.5 Å². The average molecular weight is 467 g/mol. The van der Waals surface area contributed by atoms with Crippen LogP contribution in [0, 0.1) is 0 Å². The van der Waals surface area contributed by atoms with Crippen LogP contribution in [-0.4, -0.2) is 39.5 Å². The largest absolute Gasteiger partial charge is 0.480 e. The molecule has 32 heavy (non-hydrogen) atoms. The summed E-state index contributed by atoms with van der Waals surface area (Å²) < 4.78 is -0.183. The van der Waals surface area contributed by atoms with E-state index in [0.29, 0.717) is 0 Å². The van der Waals surface area contributed by atoms with E-state index in [-0.39, 0.29) is 16.4 Å². The lowest BCUT2D eigenvalue weighted by Gasteiger charge is -2.34. The van der Waals surface area contributed by atoms with Gasteiger partial charge in [0.05, 0.1) is 0 Å². The van der Waals surface area contributed by atoms with Gasteiger partial charge in [-0.25, -0.2) is 4.79 Å². The minimum absolute atomic E-state index is 0.183. The number of carbonyl (C=O) groups is 2. The van der Waals surface area contributed by atoms with E-state index in [9.17, 15) is 14.7 Å². The molecule has 1 saturated heterocycles. The third-order valence-corrected chi connectivity index (χ3v) is 8.79. The molecular weight excluding hydrogens is 440 g/mol. The number of aliphatic carboxylic acids is 1. The first-order valence-corrected chi connectivity index (χ1v) is 12.6. The van der Waals surface area contributed by atoms with Gasteiger partial charge in [0.2, 0.25) is 5.91 Å². The number of aromatic nitrogens is 1. The van der Waals surface area contributed by atoms with Crippen LogP contribution in [0.1, 0.15) is 30.2 Å². The van der Waals surface area contributed by atoms with Crippen LogP contribution in [-0.2, 0) is 20.1 Å². The molecule has 1 aliphatic heterocycles. The molecule has 1 atom stereocenters. The van der Waals surface area contributed by atoms with Crippen molar-refractivity contribution >= 4 is 52.4 Å². The molecule has 1 aromatic heterocycles. The number of fused-ring (bicyclic) bond motifs is 1. The summed E-state index contributed by atoms with van der Waals surface area (Å²) in [7, 11) is 0. The fourth-order valence-electron chi connectivity index (χ4n) is 4.00. The number of hydrogen-bond donors (Lipinski definition) is 3. The van der Waals surface area contributed by atoms with Gasteiger partial charge >= 0.3 is 5.97 Å². The minimum Gasteiger partial charge on any atom is -0.480 e. The van der Waals surface area contributed by atoms with Crippen LogP contribution in [0.25, 0.3) is 17.0 Å². The molecule has 0 bridgehead atoms. The predicted octanol–water partition coefficient (Wildman–Crippen LogP) is 5.04. The molecule has 3 N–H and O–H groups in total. The highest BCUT2D eigenvalue weighted by molar-refractivity contribution is 8.18. The van der Waals surface area contributed by atoms with Crippen LogP contribution >= 0.6 is 23.5 Å². The first-order valence-electron chi connectivity index (χ1n) is 10.6. The maximum Gasteiger partial charge on any atom is 0.326 e. The molecule has 1 fully saturated rings. The third-order valence-electron chi connectivity index (χ3n) is 5.50. The van der Waals surface area contributed by atoms with Gasteiger partial charge in [-0.2, -0.15) is 0 Å². The summed E-state index contributed by atoms with van der Waals surface area (Å²) in [5.41, 5.74) is 3.98. The number of carboxylic acid groups (broad SMARTS) is 1. The Balaban J connectivity index is 1.75. The maximum absolute atomic E-state index is 11.8. The molecule has 0 saturated carbocycles. The second kappa shape index (κ2) is 9.88. The summed E-state index contributed by atoms with van der Waals surface area (Å²) in [6.07, 6.45) is 5.71. The normalized spacial score (nSPS) is 16.8. The van der Waals surface area contributed by atoms with E-state index in [1.807, 2.05) is 53.9 Å².